The highest BCUT2D eigenvalue weighted by Crippen LogP contribution is 2.33. The third-order valence-corrected chi connectivity index (χ3v) is 4.25. The maximum Gasteiger partial charge on any atom is 0.108 e. The fourth-order valence-electron chi connectivity index (χ4n) is 3.51. The number of nitrogens with zero attached hydrogens (tertiary/aromatic N) is 3. The zero-order valence-corrected chi connectivity index (χ0v) is 13.2. The van der Waals surface area contributed by atoms with Gasteiger partial charge in [-0.1, -0.05) is 13.8 Å². The van der Waals surface area contributed by atoms with Crippen LogP contribution in [0, 0.1) is 11.3 Å². The molecule has 0 bridgehead atoms. The van der Waals surface area contributed by atoms with Crippen molar-refractivity contribution in [2.45, 2.75) is 57.7 Å². The van der Waals surface area contributed by atoms with Crippen molar-refractivity contribution in [3.63, 3.8) is 0 Å². The van der Waals surface area contributed by atoms with E-state index in [0.29, 0.717) is 12.1 Å². The quantitative estimate of drug-likeness (QED) is 0.761. The average Bonchev–Trinajstić information content (AvgIpc) is 2.74. The van der Waals surface area contributed by atoms with Gasteiger partial charge in [0.15, 0.2) is 0 Å². The van der Waals surface area contributed by atoms with E-state index in [1.54, 1.807) is 0 Å². The minimum absolute atomic E-state index is 0.287. The Morgan fingerprint density at radius 1 is 1.42 bits per heavy atom. The largest absolute Gasteiger partial charge is 0.308 e. The van der Waals surface area contributed by atoms with Gasteiger partial charge in [0.2, 0.25) is 0 Å². The molecule has 0 aliphatic heterocycles. The molecule has 0 amide bonds. The summed E-state index contributed by atoms with van der Waals surface area (Å²) in [7, 11) is 4.24. The second-order valence-corrected chi connectivity index (χ2v) is 6.06. The maximum atomic E-state index is 9.46. The Morgan fingerprint density at radius 3 is 2.58 bits per heavy atom. The molecular weight excluding hydrogens is 236 g/mol. The summed E-state index contributed by atoms with van der Waals surface area (Å²) < 4.78 is 0. The molecule has 1 saturated carbocycles. The first-order valence-corrected chi connectivity index (χ1v) is 7.54. The first-order valence-electron chi connectivity index (χ1n) is 7.54. The minimum Gasteiger partial charge on any atom is -0.308 e. The van der Waals surface area contributed by atoms with Crippen LogP contribution in [0.3, 0.4) is 0 Å². The number of likely N-dealkylation sites (N-methyl/N-ethyl adjacent to an activating group) is 2. The Bertz CT molecular complexity index is 310. The van der Waals surface area contributed by atoms with Gasteiger partial charge in [-0.05, 0) is 53.4 Å². The van der Waals surface area contributed by atoms with Crippen LogP contribution in [-0.4, -0.2) is 61.2 Å². The van der Waals surface area contributed by atoms with Crippen LogP contribution in [0.25, 0.3) is 0 Å². The van der Waals surface area contributed by atoms with E-state index in [9.17, 15) is 5.26 Å². The highest BCUT2D eigenvalue weighted by molar-refractivity contribution is 5.13. The van der Waals surface area contributed by atoms with Crippen molar-refractivity contribution < 1.29 is 0 Å². The molecule has 0 saturated heterocycles. The predicted octanol–water partition coefficient (Wildman–Crippen LogP) is 1.68. The lowest BCUT2D eigenvalue weighted by Crippen LogP contribution is -2.48. The molecule has 1 rings (SSSR count). The Hall–Kier alpha value is -0.630. The molecule has 19 heavy (non-hydrogen) atoms. The van der Waals surface area contributed by atoms with Crippen LogP contribution in [0.1, 0.15) is 40.0 Å². The summed E-state index contributed by atoms with van der Waals surface area (Å²) in [5.74, 6) is 0. The van der Waals surface area contributed by atoms with Crippen LogP contribution in [0.4, 0.5) is 0 Å². The number of nitriles is 1. The summed E-state index contributed by atoms with van der Waals surface area (Å²) in [5.41, 5.74) is -0.287. The molecule has 4 nitrogen and oxygen atoms in total. The van der Waals surface area contributed by atoms with E-state index >= 15 is 0 Å². The van der Waals surface area contributed by atoms with Gasteiger partial charge in [-0.25, -0.2) is 0 Å². The summed E-state index contributed by atoms with van der Waals surface area (Å²) >= 11 is 0. The van der Waals surface area contributed by atoms with E-state index in [0.717, 1.165) is 38.9 Å². The first kappa shape index (κ1) is 16.4. The average molecular weight is 266 g/mol. The van der Waals surface area contributed by atoms with Gasteiger partial charge in [0.1, 0.15) is 5.54 Å². The van der Waals surface area contributed by atoms with E-state index in [1.807, 2.05) is 0 Å². The smallest absolute Gasteiger partial charge is 0.108 e. The molecule has 110 valence electrons. The molecule has 0 heterocycles. The second-order valence-electron chi connectivity index (χ2n) is 6.06. The first-order chi connectivity index (χ1) is 8.98. The van der Waals surface area contributed by atoms with Gasteiger partial charge in [0.25, 0.3) is 0 Å². The Morgan fingerprint density at radius 2 is 2.11 bits per heavy atom. The van der Waals surface area contributed by atoms with Gasteiger partial charge in [-0.15, -0.1) is 0 Å². The summed E-state index contributed by atoms with van der Waals surface area (Å²) in [6.45, 7) is 9.62. The topological polar surface area (TPSA) is 42.3 Å². The van der Waals surface area contributed by atoms with Gasteiger partial charge >= 0.3 is 0 Å². The van der Waals surface area contributed by atoms with E-state index < -0.39 is 0 Å². The lowest BCUT2D eigenvalue weighted by Gasteiger charge is -2.35. The Balaban J connectivity index is 2.67. The predicted molar refractivity (Wildman–Crippen MR) is 80.1 cm³/mol. The van der Waals surface area contributed by atoms with Crippen LogP contribution in [0.15, 0.2) is 0 Å². The highest BCUT2D eigenvalue weighted by atomic mass is 15.2. The van der Waals surface area contributed by atoms with Crippen LogP contribution < -0.4 is 5.32 Å². The fraction of sp³-hybridized carbons (Fsp3) is 0.933. The molecular formula is C15H30N4. The van der Waals surface area contributed by atoms with Crippen LogP contribution in [-0.2, 0) is 0 Å². The Kier molecular flexibility index (Phi) is 6.25. The van der Waals surface area contributed by atoms with Crippen molar-refractivity contribution >= 4 is 0 Å². The van der Waals surface area contributed by atoms with Gasteiger partial charge in [-0.3, -0.25) is 10.2 Å². The lowest BCUT2D eigenvalue weighted by atomic mass is 9.99. The van der Waals surface area contributed by atoms with Crippen molar-refractivity contribution in [2.75, 3.05) is 33.7 Å². The van der Waals surface area contributed by atoms with Crippen molar-refractivity contribution in [2.24, 2.45) is 0 Å². The number of rotatable bonds is 7. The number of hydrogen-bond donors (Lipinski definition) is 1. The molecule has 0 radical (unpaired) electrons. The summed E-state index contributed by atoms with van der Waals surface area (Å²) in [6, 6.07) is 3.60. The van der Waals surface area contributed by atoms with Crippen molar-refractivity contribution in [1.82, 2.24) is 15.1 Å². The maximum absolute atomic E-state index is 9.46. The molecule has 1 fully saturated rings. The van der Waals surface area contributed by atoms with Crippen molar-refractivity contribution in [3.8, 4) is 6.07 Å². The molecule has 1 N–H and O–H groups in total. The molecule has 0 aromatic heterocycles. The molecule has 3 atom stereocenters. The second kappa shape index (κ2) is 7.23. The normalized spacial score (nSPS) is 28.8. The van der Waals surface area contributed by atoms with E-state index in [1.165, 1.54) is 0 Å². The van der Waals surface area contributed by atoms with Crippen LogP contribution in [0.5, 0.6) is 0 Å². The summed E-state index contributed by atoms with van der Waals surface area (Å²) in [4.78, 5) is 4.81. The number of hydrogen-bond acceptors (Lipinski definition) is 4. The summed E-state index contributed by atoms with van der Waals surface area (Å²) in [6.07, 6.45) is 3.07. The van der Waals surface area contributed by atoms with E-state index in [-0.39, 0.29) is 5.54 Å². The van der Waals surface area contributed by atoms with Gasteiger partial charge in [0.05, 0.1) is 6.07 Å². The minimum atomic E-state index is -0.287. The van der Waals surface area contributed by atoms with Crippen molar-refractivity contribution in [3.05, 3.63) is 0 Å². The molecule has 0 spiro atoms. The monoisotopic (exact) mass is 266 g/mol. The standard InChI is InChI=1S/C15H30N4/c1-6-17-15(12-16)9-8-14(10-15)19(7-2)13(3)11-18(4)5/h13-14,17H,6-11H2,1-5H3. The molecule has 1 aliphatic rings. The third-order valence-electron chi connectivity index (χ3n) is 4.25. The molecule has 0 aromatic rings. The molecule has 1 aliphatic carbocycles. The van der Waals surface area contributed by atoms with Crippen LogP contribution >= 0.6 is 0 Å². The SMILES string of the molecule is CCNC1(C#N)CCC(N(CC)C(C)CN(C)C)C1. The zero-order valence-electron chi connectivity index (χ0n) is 13.2. The van der Waals surface area contributed by atoms with Gasteiger partial charge in [-0.2, -0.15) is 5.26 Å². The zero-order chi connectivity index (χ0) is 14.5. The molecule has 4 heteroatoms. The van der Waals surface area contributed by atoms with E-state index in [2.05, 4.69) is 56.1 Å². The molecule has 0 aromatic carbocycles. The third kappa shape index (κ3) is 4.17. The van der Waals surface area contributed by atoms with Gasteiger partial charge < -0.3 is 4.90 Å². The molecule has 3 unspecified atom stereocenters. The summed E-state index contributed by atoms with van der Waals surface area (Å²) in [5, 5.41) is 12.9. The number of nitrogens with one attached hydrogen (secondary N) is 1. The highest BCUT2D eigenvalue weighted by Gasteiger charge is 2.41. The lowest BCUT2D eigenvalue weighted by molar-refractivity contribution is 0.126. The van der Waals surface area contributed by atoms with E-state index in [4.69, 9.17) is 0 Å². The van der Waals surface area contributed by atoms with Gasteiger partial charge in [0, 0.05) is 18.6 Å². The van der Waals surface area contributed by atoms with Crippen molar-refractivity contribution in [1.29, 1.82) is 5.26 Å². The Labute approximate surface area is 118 Å². The fourth-order valence-corrected chi connectivity index (χ4v) is 3.51. The van der Waals surface area contributed by atoms with Crippen LogP contribution in [0.2, 0.25) is 0 Å².